The number of H-pyrrole nitrogens is 1. The molecule has 0 radical (unpaired) electrons. The minimum atomic E-state index is -0.557. The van der Waals surface area contributed by atoms with E-state index in [2.05, 4.69) is 30.2 Å². The summed E-state index contributed by atoms with van der Waals surface area (Å²) in [5.74, 6) is 0.0767. The maximum Gasteiger partial charge on any atom is 0.346 e. The normalized spacial score (nSPS) is 17.3. The van der Waals surface area contributed by atoms with Crippen LogP contribution in [0.4, 0.5) is 17.3 Å². The molecule has 3 rings (SSSR count). The molecule has 1 amide bonds. The SMILES string of the molecule is NCC1CCCN(c2cnc(=O)[nH]c2NC(=O)c2nccnc2N)C1. The van der Waals surface area contributed by atoms with Gasteiger partial charge in [0.15, 0.2) is 11.5 Å². The molecule has 0 saturated carbocycles. The molecule has 1 unspecified atom stereocenters. The Morgan fingerprint density at radius 1 is 1.36 bits per heavy atom. The summed E-state index contributed by atoms with van der Waals surface area (Å²) in [5, 5.41) is 2.65. The Balaban J connectivity index is 1.88. The minimum Gasteiger partial charge on any atom is -0.382 e. The van der Waals surface area contributed by atoms with Crippen LogP contribution in [0.5, 0.6) is 0 Å². The first-order chi connectivity index (χ1) is 12.1. The number of nitrogens with one attached hydrogen (secondary N) is 2. The van der Waals surface area contributed by atoms with Gasteiger partial charge in [-0.15, -0.1) is 0 Å². The second-order valence-electron chi connectivity index (χ2n) is 5.88. The average molecular weight is 344 g/mol. The summed E-state index contributed by atoms with van der Waals surface area (Å²) in [6.45, 7) is 2.12. The molecule has 0 aromatic carbocycles. The molecule has 2 aromatic rings. The standard InChI is InChI=1S/C15H20N8O2/c16-6-9-2-1-5-23(8-9)10-7-20-15(25)22-13(10)21-14(24)11-12(17)19-4-3-18-11/h3-4,7,9H,1-2,5-6,8,16H2,(H2,17,19)(H2,20,21,22,24,25). The Kier molecular flexibility index (Phi) is 4.89. The molecular formula is C15H20N8O2. The van der Waals surface area contributed by atoms with E-state index in [4.69, 9.17) is 11.5 Å². The number of hydrogen-bond acceptors (Lipinski definition) is 8. The van der Waals surface area contributed by atoms with Gasteiger partial charge in [0.25, 0.3) is 5.91 Å². The molecule has 10 nitrogen and oxygen atoms in total. The molecule has 1 aliphatic heterocycles. The molecule has 1 saturated heterocycles. The summed E-state index contributed by atoms with van der Waals surface area (Å²) in [4.78, 5) is 40.2. The van der Waals surface area contributed by atoms with E-state index in [0.717, 1.165) is 25.9 Å². The van der Waals surface area contributed by atoms with E-state index in [9.17, 15) is 9.59 Å². The first-order valence-electron chi connectivity index (χ1n) is 8.00. The summed E-state index contributed by atoms with van der Waals surface area (Å²) < 4.78 is 0. The van der Waals surface area contributed by atoms with Gasteiger partial charge in [0, 0.05) is 25.5 Å². The van der Waals surface area contributed by atoms with Crippen LogP contribution in [0.2, 0.25) is 0 Å². The Morgan fingerprint density at radius 3 is 2.92 bits per heavy atom. The van der Waals surface area contributed by atoms with Gasteiger partial charge in [0.05, 0.1) is 11.9 Å². The van der Waals surface area contributed by atoms with Crippen LogP contribution in [0, 0.1) is 5.92 Å². The first-order valence-corrected chi connectivity index (χ1v) is 8.00. The fourth-order valence-corrected chi connectivity index (χ4v) is 2.90. The van der Waals surface area contributed by atoms with Crippen LogP contribution >= 0.6 is 0 Å². The number of nitrogens with zero attached hydrogens (tertiary/aromatic N) is 4. The monoisotopic (exact) mass is 344 g/mol. The highest BCUT2D eigenvalue weighted by atomic mass is 16.2. The van der Waals surface area contributed by atoms with E-state index in [1.165, 1.54) is 18.6 Å². The molecular weight excluding hydrogens is 324 g/mol. The predicted octanol–water partition coefficient (Wildman–Crippen LogP) is -0.430. The third-order valence-corrected chi connectivity index (χ3v) is 4.17. The smallest absolute Gasteiger partial charge is 0.346 e. The predicted molar refractivity (Wildman–Crippen MR) is 93.2 cm³/mol. The fraction of sp³-hybridized carbons (Fsp3) is 0.400. The van der Waals surface area contributed by atoms with Crippen LogP contribution in [0.3, 0.4) is 0 Å². The summed E-state index contributed by atoms with van der Waals surface area (Å²) in [6.07, 6.45) is 6.25. The molecule has 132 valence electrons. The number of anilines is 3. The number of nitrogen functional groups attached to an aromatic ring is 1. The maximum atomic E-state index is 12.4. The van der Waals surface area contributed by atoms with Gasteiger partial charge in [-0.2, -0.15) is 4.98 Å². The summed E-state index contributed by atoms with van der Waals surface area (Å²) >= 11 is 0. The van der Waals surface area contributed by atoms with E-state index < -0.39 is 11.6 Å². The number of piperidine rings is 1. The van der Waals surface area contributed by atoms with E-state index in [1.807, 2.05) is 0 Å². The van der Waals surface area contributed by atoms with Gasteiger partial charge in [-0.3, -0.25) is 9.78 Å². The molecule has 10 heteroatoms. The van der Waals surface area contributed by atoms with Gasteiger partial charge >= 0.3 is 5.69 Å². The van der Waals surface area contributed by atoms with Crippen LogP contribution in [0.25, 0.3) is 0 Å². The number of amides is 1. The Bertz CT molecular complexity index is 821. The lowest BCUT2D eigenvalue weighted by atomic mass is 9.98. The van der Waals surface area contributed by atoms with Crippen LogP contribution in [-0.4, -0.2) is 45.5 Å². The van der Waals surface area contributed by atoms with Crippen molar-refractivity contribution in [2.24, 2.45) is 11.7 Å². The van der Waals surface area contributed by atoms with Gasteiger partial charge in [-0.05, 0) is 25.3 Å². The maximum absolute atomic E-state index is 12.4. The van der Waals surface area contributed by atoms with Crippen molar-refractivity contribution < 1.29 is 4.79 Å². The van der Waals surface area contributed by atoms with Crippen molar-refractivity contribution in [3.63, 3.8) is 0 Å². The van der Waals surface area contributed by atoms with Crippen molar-refractivity contribution in [1.29, 1.82) is 0 Å². The molecule has 3 heterocycles. The van der Waals surface area contributed by atoms with Gasteiger partial charge in [-0.25, -0.2) is 14.8 Å². The minimum absolute atomic E-state index is 0.00964. The van der Waals surface area contributed by atoms with E-state index in [1.54, 1.807) is 0 Å². The number of aromatic amines is 1. The number of carbonyl (C=O) groups is 1. The van der Waals surface area contributed by atoms with Crippen LogP contribution in [0.1, 0.15) is 23.3 Å². The van der Waals surface area contributed by atoms with Gasteiger partial charge in [-0.1, -0.05) is 0 Å². The van der Waals surface area contributed by atoms with Crippen molar-refractivity contribution in [3.05, 3.63) is 34.8 Å². The highest BCUT2D eigenvalue weighted by Gasteiger charge is 2.23. The average Bonchev–Trinajstić information content (AvgIpc) is 2.62. The van der Waals surface area contributed by atoms with Crippen LogP contribution < -0.4 is 27.4 Å². The zero-order chi connectivity index (χ0) is 17.8. The lowest BCUT2D eigenvalue weighted by Gasteiger charge is -2.34. The zero-order valence-corrected chi connectivity index (χ0v) is 13.6. The van der Waals surface area contributed by atoms with E-state index in [0.29, 0.717) is 18.2 Å². The molecule has 1 atom stereocenters. The third-order valence-electron chi connectivity index (χ3n) is 4.17. The number of hydrogen-bond donors (Lipinski definition) is 4. The molecule has 0 spiro atoms. The quantitative estimate of drug-likeness (QED) is 0.582. The van der Waals surface area contributed by atoms with E-state index >= 15 is 0 Å². The molecule has 1 fully saturated rings. The molecule has 0 aliphatic carbocycles. The molecule has 0 bridgehead atoms. The Labute approximate surface area is 143 Å². The van der Waals surface area contributed by atoms with Gasteiger partial charge in [0.1, 0.15) is 5.82 Å². The topological polar surface area (TPSA) is 156 Å². The van der Waals surface area contributed by atoms with Crippen molar-refractivity contribution in [2.45, 2.75) is 12.8 Å². The highest BCUT2D eigenvalue weighted by molar-refractivity contribution is 6.06. The van der Waals surface area contributed by atoms with Crippen LogP contribution in [-0.2, 0) is 0 Å². The van der Waals surface area contributed by atoms with Gasteiger partial charge < -0.3 is 21.7 Å². The third kappa shape index (κ3) is 3.74. The van der Waals surface area contributed by atoms with Crippen LogP contribution in [0.15, 0.2) is 23.4 Å². The summed E-state index contributed by atoms with van der Waals surface area (Å²) in [5.41, 5.74) is 11.5. The number of nitrogens with two attached hydrogens (primary N) is 2. The van der Waals surface area contributed by atoms with Crippen molar-refractivity contribution in [2.75, 3.05) is 35.6 Å². The lowest BCUT2D eigenvalue weighted by molar-refractivity contribution is 0.102. The molecule has 6 N–H and O–H groups in total. The lowest BCUT2D eigenvalue weighted by Crippen LogP contribution is -2.39. The molecule has 25 heavy (non-hydrogen) atoms. The zero-order valence-electron chi connectivity index (χ0n) is 13.6. The molecule has 2 aromatic heterocycles. The fourth-order valence-electron chi connectivity index (χ4n) is 2.90. The Morgan fingerprint density at radius 2 is 2.16 bits per heavy atom. The Hall–Kier alpha value is -3.01. The number of aromatic nitrogens is 4. The van der Waals surface area contributed by atoms with Crippen molar-refractivity contribution in [3.8, 4) is 0 Å². The number of carbonyl (C=O) groups excluding carboxylic acids is 1. The van der Waals surface area contributed by atoms with Crippen molar-refractivity contribution >= 4 is 23.2 Å². The first kappa shape index (κ1) is 16.8. The highest BCUT2D eigenvalue weighted by Crippen LogP contribution is 2.27. The van der Waals surface area contributed by atoms with E-state index in [-0.39, 0.29) is 17.3 Å². The van der Waals surface area contributed by atoms with Crippen molar-refractivity contribution in [1.82, 2.24) is 19.9 Å². The second kappa shape index (κ2) is 7.26. The molecule has 1 aliphatic rings. The summed E-state index contributed by atoms with van der Waals surface area (Å²) in [7, 11) is 0. The largest absolute Gasteiger partial charge is 0.382 e. The second-order valence-corrected chi connectivity index (χ2v) is 5.88. The number of rotatable bonds is 4. The van der Waals surface area contributed by atoms with Gasteiger partial charge in [0.2, 0.25) is 0 Å². The summed E-state index contributed by atoms with van der Waals surface area (Å²) in [6, 6.07) is 0.